The summed E-state index contributed by atoms with van der Waals surface area (Å²) in [6.07, 6.45) is -8.98. The zero-order chi connectivity index (χ0) is 18.1. The molecule has 0 aromatic heterocycles. The van der Waals surface area contributed by atoms with Crippen molar-refractivity contribution in [3.63, 3.8) is 0 Å². The van der Waals surface area contributed by atoms with Crippen LogP contribution in [0.15, 0.2) is 0 Å². The molecule has 1 heterocycles. The molecule has 0 amide bonds. The van der Waals surface area contributed by atoms with Crippen molar-refractivity contribution in [2.45, 2.75) is 31.7 Å². The standard InChI is InChI=1S/C6H14N2.2C2HF3O2/c1-2-8-4-3-6(7)5-8;2*3-2(4,5)1(6)7/h6H,2-5,7H2,1H3;2*(H,6,7)/t6-;;/m1../s1. The Morgan fingerprint density at radius 1 is 1.09 bits per heavy atom. The summed E-state index contributed by atoms with van der Waals surface area (Å²) in [4.78, 5) is 20.2. The fourth-order valence-electron chi connectivity index (χ4n) is 1.15. The summed E-state index contributed by atoms with van der Waals surface area (Å²) < 4.78 is 63.5. The lowest BCUT2D eigenvalue weighted by Gasteiger charge is -2.09. The summed E-state index contributed by atoms with van der Waals surface area (Å²) in [5.74, 6) is -5.51. The molecule has 0 radical (unpaired) electrons. The topological polar surface area (TPSA) is 104 Å². The molecule has 12 heteroatoms. The number of aliphatic carboxylic acids is 2. The van der Waals surface area contributed by atoms with Crippen LogP contribution in [0.5, 0.6) is 0 Å². The van der Waals surface area contributed by atoms with Crippen LogP contribution in [0.4, 0.5) is 26.3 Å². The molecule has 132 valence electrons. The van der Waals surface area contributed by atoms with E-state index in [1.165, 1.54) is 13.0 Å². The lowest BCUT2D eigenvalue weighted by molar-refractivity contribution is -0.193. The van der Waals surface area contributed by atoms with Crippen LogP contribution < -0.4 is 5.73 Å². The Hall–Kier alpha value is -1.56. The third-order valence-electron chi connectivity index (χ3n) is 2.24. The van der Waals surface area contributed by atoms with E-state index < -0.39 is 24.3 Å². The van der Waals surface area contributed by atoms with Crippen LogP contribution in [0.25, 0.3) is 0 Å². The van der Waals surface area contributed by atoms with Crippen molar-refractivity contribution in [3.8, 4) is 0 Å². The van der Waals surface area contributed by atoms with Gasteiger partial charge in [0.1, 0.15) is 0 Å². The van der Waals surface area contributed by atoms with E-state index >= 15 is 0 Å². The van der Waals surface area contributed by atoms with Crippen molar-refractivity contribution < 1.29 is 46.1 Å². The molecule has 6 nitrogen and oxygen atoms in total. The number of carboxylic acids is 2. The lowest BCUT2D eigenvalue weighted by Crippen LogP contribution is -2.26. The Kier molecular flexibility index (Phi) is 9.76. The second kappa shape index (κ2) is 9.46. The molecule has 0 spiro atoms. The summed E-state index contributed by atoms with van der Waals surface area (Å²) in [6.45, 7) is 5.65. The van der Waals surface area contributed by atoms with Gasteiger partial charge in [-0.05, 0) is 19.5 Å². The number of likely N-dealkylation sites (tertiary alicyclic amines) is 1. The second-order valence-corrected chi connectivity index (χ2v) is 4.05. The first kappa shape index (κ1) is 22.7. The maximum atomic E-state index is 10.6. The number of hydrogen-bond acceptors (Lipinski definition) is 4. The molecular weight excluding hydrogens is 326 g/mol. The number of carbonyl (C=O) groups is 2. The number of alkyl halides is 6. The quantitative estimate of drug-likeness (QED) is 0.621. The van der Waals surface area contributed by atoms with E-state index in [0.29, 0.717) is 6.04 Å². The van der Waals surface area contributed by atoms with E-state index in [9.17, 15) is 26.3 Å². The molecule has 4 N–H and O–H groups in total. The largest absolute Gasteiger partial charge is 0.490 e. The van der Waals surface area contributed by atoms with Gasteiger partial charge in [0.05, 0.1) is 0 Å². The number of carboxylic acid groups (broad SMARTS) is 2. The summed E-state index contributed by atoms with van der Waals surface area (Å²) in [5, 5.41) is 14.2. The van der Waals surface area contributed by atoms with Crippen LogP contribution in [0.1, 0.15) is 13.3 Å². The molecule has 1 saturated heterocycles. The summed E-state index contributed by atoms with van der Waals surface area (Å²) in [7, 11) is 0. The van der Waals surface area contributed by atoms with Crippen LogP contribution in [0.2, 0.25) is 0 Å². The van der Waals surface area contributed by atoms with Gasteiger partial charge < -0.3 is 20.8 Å². The van der Waals surface area contributed by atoms with E-state index in [1.54, 1.807) is 0 Å². The second-order valence-electron chi connectivity index (χ2n) is 4.05. The smallest absolute Gasteiger partial charge is 0.475 e. The molecule has 1 atom stereocenters. The van der Waals surface area contributed by atoms with Gasteiger partial charge in [0.15, 0.2) is 0 Å². The third kappa shape index (κ3) is 12.2. The van der Waals surface area contributed by atoms with Crippen molar-refractivity contribution in [2.75, 3.05) is 19.6 Å². The van der Waals surface area contributed by atoms with Crippen molar-refractivity contribution >= 4 is 11.9 Å². The Bertz CT molecular complexity index is 334. The van der Waals surface area contributed by atoms with Gasteiger partial charge >= 0.3 is 24.3 Å². The van der Waals surface area contributed by atoms with Gasteiger partial charge in [-0.15, -0.1) is 0 Å². The zero-order valence-corrected chi connectivity index (χ0v) is 11.4. The molecule has 1 aliphatic rings. The average Bonchev–Trinajstić information content (AvgIpc) is 2.74. The number of nitrogens with two attached hydrogens (primary N) is 1. The molecule has 0 unspecified atom stereocenters. The Labute approximate surface area is 121 Å². The monoisotopic (exact) mass is 342 g/mol. The Balaban J connectivity index is 0. The normalized spacial score (nSPS) is 18.6. The molecule has 0 saturated carbocycles. The molecule has 1 fully saturated rings. The number of rotatable bonds is 1. The van der Waals surface area contributed by atoms with Gasteiger partial charge in [-0.1, -0.05) is 6.92 Å². The highest BCUT2D eigenvalue weighted by atomic mass is 19.4. The van der Waals surface area contributed by atoms with E-state index in [0.717, 1.165) is 13.1 Å². The van der Waals surface area contributed by atoms with Crippen molar-refractivity contribution in [2.24, 2.45) is 5.73 Å². The fraction of sp³-hybridized carbons (Fsp3) is 0.800. The SMILES string of the molecule is CCN1CC[C@@H](N)C1.O=C(O)C(F)(F)F.O=C(O)C(F)(F)F. The summed E-state index contributed by atoms with van der Waals surface area (Å²) in [6, 6.07) is 0.454. The van der Waals surface area contributed by atoms with Gasteiger partial charge in [0.2, 0.25) is 0 Å². The molecule has 0 aliphatic carbocycles. The van der Waals surface area contributed by atoms with Crippen LogP contribution in [0, 0.1) is 0 Å². The van der Waals surface area contributed by atoms with Crippen LogP contribution in [0.3, 0.4) is 0 Å². The highest BCUT2D eigenvalue weighted by Crippen LogP contribution is 2.13. The minimum Gasteiger partial charge on any atom is -0.475 e. The number of nitrogens with zero attached hydrogens (tertiary/aromatic N) is 1. The molecule has 22 heavy (non-hydrogen) atoms. The van der Waals surface area contributed by atoms with Gasteiger partial charge in [-0.3, -0.25) is 0 Å². The molecule has 0 aromatic carbocycles. The maximum Gasteiger partial charge on any atom is 0.490 e. The molecular formula is C10H16F6N2O4. The fourth-order valence-corrected chi connectivity index (χ4v) is 1.15. The van der Waals surface area contributed by atoms with Crippen molar-refractivity contribution in [1.82, 2.24) is 4.90 Å². The van der Waals surface area contributed by atoms with E-state index in [1.807, 2.05) is 0 Å². The Morgan fingerprint density at radius 3 is 1.50 bits per heavy atom. The van der Waals surface area contributed by atoms with Gasteiger partial charge in [-0.25, -0.2) is 9.59 Å². The number of halogens is 6. The van der Waals surface area contributed by atoms with Gasteiger partial charge in [0.25, 0.3) is 0 Å². The highest BCUT2D eigenvalue weighted by molar-refractivity contribution is 5.73. The van der Waals surface area contributed by atoms with E-state index in [-0.39, 0.29) is 0 Å². The van der Waals surface area contributed by atoms with Crippen LogP contribution >= 0.6 is 0 Å². The van der Waals surface area contributed by atoms with E-state index in [2.05, 4.69) is 11.8 Å². The van der Waals surface area contributed by atoms with Crippen LogP contribution in [-0.4, -0.2) is 65.1 Å². The first-order chi connectivity index (χ1) is 9.71. The highest BCUT2D eigenvalue weighted by Gasteiger charge is 2.38. The Morgan fingerprint density at radius 2 is 1.41 bits per heavy atom. The minimum absolute atomic E-state index is 0.454. The van der Waals surface area contributed by atoms with Crippen LogP contribution in [-0.2, 0) is 9.59 Å². The maximum absolute atomic E-state index is 10.6. The number of hydrogen-bond donors (Lipinski definition) is 3. The predicted octanol–water partition coefficient (Wildman–Crippen LogP) is 1.31. The summed E-state index contributed by atoms with van der Waals surface area (Å²) in [5.41, 5.74) is 5.66. The minimum atomic E-state index is -5.08. The molecule has 1 aliphatic heterocycles. The summed E-state index contributed by atoms with van der Waals surface area (Å²) >= 11 is 0. The van der Waals surface area contributed by atoms with Crippen molar-refractivity contribution in [3.05, 3.63) is 0 Å². The third-order valence-corrected chi connectivity index (χ3v) is 2.24. The molecule has 1 rings (SSSR count). The first-order valence-electron chi connectivity index (χ1n) is 5.79. The van der Waals surface area contributed by atoms with E-state index in [4.69, 9.17) is 25.5 Å². The lowest BCUT2D eigenvalue weighted by atomic mass is 10.3. The predicted molar refractivity (Wildman–Crippen MR) is 62.1 cm³/mol. The first-order valence-corrected chi connectivity index (χ1v) is 5.79. The van der Waals surface area contributed by atoms with Gasteiger partial charge in [-0.2, -0.15) is 26.3 Å². The van der Waals surface area contributed by atoms with Crippen molar-refractivity contribution in [1.29, 1.82) is 0 Å². The molecule has 0 bridgehead atoms. The zero-order valence-electron chi connectivity index (χ0n) is 11.4. The average molecular weight is 342 g/mol. The van der Waals surface area contributed by atoms with Gasteiger partial charge in [0, 0.05) is 12.6 Å². The molecule has 0 aromatic rings. The number of likely N-dealkylation sites (N-methyl/N-ethyl adjacent to an activating group) is 1.